The molecule has 0 aliphatic heterocycles. The van der Waals surface area contributed by atoms with Crippen LogP contribution in [-0.2, 0) is 14.1 Å². The van der Waals surface area contributed by atoms with E-state index in [-0.39, 0.29) is 5.56 Å². The Morgan fingerprint density at radius 3 is 2.68 bits per heavy atom. The van der Waals surface area contributed by atoms with Gasteiger partial charge in [-0.25, -0.2) is 4.79 Å². The minimum absolute atomic E-state index is 0.325. The van der Waals surface area contributed by atoms with Gasteiger partial charge >= 0.3 is 5.69 Å². The van der Waals surface area contributed by atoms with E-state index in [0.29, 0.717) is 30.2 Å². The summed E-state index contributed by atoms with van der Waals surface area (Å²) in [5, 5.41) is 3.08. The first-order chi connectivity index (χ1) is 9.06. The maximum atomic E-state index is 11.9. The Labute approximate surface area is 109 Å². The van der Waals surface area contributed by atoms with Crippen molar-refractivity contribution in [3.8, 4) is 0 Å². The highest BCUT2D eigenvalue weighted by Crippen LogP contribution is 2.08. The molecular weight excluding hydrogens is 248 g/mol. The average Bonchev–Trinajstić information content (AvgIpc) is 2.83. The van der Waals surface area contributed by atoms with Crippen molar-refractivity contribution in [3.63, 3.8) is 0 Å². The number of fused-ring (bicyclic) bond motifs is 1. The van der Waals surface area contributed by atoms with Gasteiger partial charge in [0.1, 0.15) is 0 Å². The van der Waals surface area contributed by atoms with Crippen molar-refractivity contribution in [3.05, 3.63) is 20.8 Å². The summed E-state index contributed by atoms with van der Waals surface area (Å²) in [6.45, 7) is 1.36. The monoisotopic (exact) mass is 266 g/mol. The quantitative estimate of drug-likeness (QED) is 0.608. The van der Waals surface area contributed by atoms with Gasteiger partial charge in [0.25, 0.3) is 5.56 Å². The van der Waals surface area contributed by atoms with Crippen molar-refractivity contribution in [1.29, 1.82) is 0 Å². The third-order valence-electron chi connectivity index (χ3n) is 3.02. The molecule has 0 amide bonds. The largest absolute Gasteiger partial charge is 0.356 e. The molecule has 2 aromatic heterocycles. The number of aromatic amines is 1. The second-order valence-corrected chi connectivity index (χ2v) is 4.41. The first-order valence-electron chi connectivity index (χ1n) is 6.16. The van der Waals surface area contributed by atoms with Gasteiger partial charge in [-0.3, -0.25) is 13.9 Å². The van der Waals surface area contributed by atoms with E-state index >= 15 is 0 Å². The van der Waals surface area contributed by atoms with Crippen LogP contribution in [0.25, 0.3) is 11.2 Å². The van der Waals surface area contributed by atoms with Crippen molar-refractivity contribution in [2.24, 2.45) is 19.8 Å². The molecule has 8 heteroatoms. The SMILES string of the molecule is Cn1c(=O)c2[nH]c(NCCCCN)nc2n(C)c1=O. The molecule has 0 aromatic carbocycles. The van der Waals surface area contributed by atoms with Gasteiger partial charge in [0.05, 0.1) is 0 Å². The molecular formula is C11H18N6O2. The summed E-state index contributed by atoms with van der Waals surface area (Å²) in [5.74, 6) is 0.491. The summed E-state index contributed by atoms with van der Waals surface area (Å²) < 4.78 is 2.40. The lowest BCUT2D eigenvalue weighted by molar-refractivity contribution is 0.709. The van der Waals surface area contributed by atoms with Crippen molar-refractivity contribution in [1.82, 2.24) is 19.1 Å². The van der Waals surface area contributed by atoms with Crippen LogP contribution in [0.1, 0.15) is 12.8 Å². The smallest absolute Gasteiger partial charge is 0.332 e. The fourth-order valence-electron chi connectivity index (χ4n) is 1.89. The zero-order chi connectivity index (χ0) is 14.0. The highest BCUT2D eigenvalue weighted by atomic mass is 16.2. The molecule has 0 atom stereocenters. The minimum Gasteiger partial charge on any atom is -0.356 e. The fraction of sp³-hybridized carbons (Fsp3) is 0.545. The summed E-state index contributed by atoms with van der Waals surface area (Å²) >= 11 is 0. The summed E-state index contributed by atoms with van der Waals surface area (Å²) in [6.07, 6.45) is 1.85. The molecule has 104 valence electrons. The standard InChI is InChI=1S/C11H18N6O2/c1-16-8-7(9(18)17(2)11(16)19)14-10(15-8)13-6-4-3-5-12/h3-6,12H2,1-2H3,(H2,13,14,15). The van der Waals surface area contributed by atoms with Gasteiger partial charge in [-0.05, 0) is 19.4 Å². The lowest BCUT2D eigenvalue weighted by Gasteiger charge is -2.00. The molecule has 0 radical (unpaired) electrons. The van der Waals surface area contributed by atoms with E-state index < -0.39 is 5.69 Å². The summed E-state index contributed by atoms with van der Waals surface area (Å²) in [4.78, 5) is 30.8. The molecule has 4 N–H and O–H groups in total. The Bertz CT molecular complexity index is 695. The van der Waals surface area contributed by atoms with E-state index in [1.54, 1.807) is 7.05 Å². The van der Waals surface area contributed by atoms with Crippen LogP contribution in [-0.4, -0.2) is 32.2 Å². The van der Waals surface area contributed by atoms with Gasteiger partial charge < -0.3 is 16.0 Å². The molecule has 2 heterocycles. The van der Waals surface area contributed by atoms with E-state index in [9.17, 15) is 9.59 Å². The van der Waals surface area contributed by atoms with Crippen molar-refractivity contribution in [2.75, 3.05) is 18.4 Å². The Balaban J connectivity index is 2.36. The summed E-state index contributed by atoms with van der Waals surface area (Å²) in [6, 6.07) is 0. The number of anilines is 1. The van der Waals surface area contributed by atoms with Gasteiger partial charge in [-0.15, -0.1) is 0 Å². The highest BCUT2D eigenvalue weighted by molar-refractivity contribution is 5.72. The van der Waals surface area contributed by atoms with E-state index in [1.165, 1.54) is 11.6 Å². The Kier molecular flexibility index (Phi) is 3.70. The lowest BCUT2D eigenvalue weighted by atomic mass is 10.3. The molecule has 2 rings (SSSR count). The second kappa shape index (κ2) is 5.27. The van der Waals surface area contributed by atoms with Crippen LogP contribution in [0.4, 0.5) is 5.95 Å². The molecule has 0 unspecified atom stereocenters. The third kappa shape index (κ3) is 2.39. The maximum Gasteiger partial charge on any atom is 0.332 e. The van der Waals surface area contributed by atoms with E-state index in [1.807, 2.05) is 0 Å². The van der Waals surface area contributed by atoms with Crippen LogP contribution in [0.5, 0.6) is 0 Å². The van der Waals surface area contributed by atoms with Crippen molar-refractivity contribution >= 4 is 17.1 Å². The van der Waals surface area contributed by atoms with Crippen LogP contribution in [0.15, 0.2) is 9.59 Å². The molecule has 0 fully saturated rings. The number of H-pyrrole nitrogens is 1. The minimum atomic E-state index is -0.390. The van der Waals surface area contributed by atoms with Crippen LogP contribution in [0.3, 0.4) is 0 Å². The zero-order valence-electron chi connectivity index (χ0n) is 11.1. The Hall–Kier alpha value is -2.09. The fourth-order valence-corrected chi connectivity index (χ4v) is 1.89. The molecule has 19 heavy (non-hydrogen) atoms. The van der Waals surface area contributed by atoms with E-state index in [2.05, 4.69) is 15.3 Å². The lowest BCUT2D eigenvalue weighted by Crippen LogP contribution is -2.36. The second-order valence-electron chi connectivity index (χ2n) is 4.41. The van der Waals surface area contributed by atoms with E-state index in [0.717, 1.165) is 17.4 Å². The maximum absolute atomic E-state index is 11.9. The van der Waals surface area contributed by atoms with Crippen LogP contribution in [0, 0.1) is 0 Å². The number of aromatic nitrogens is 4. The van der Waals surface area contributed by atoms with Crippen LogP contribution >= 0.6 is 0 Å². The molecule has 0 aliphatic rings. The molecule has 0 saturated heterocycles. The molecule has 0 spiro atoms. The normalized spacial score (nSPS) is 11.1. The zero-order valence-corrected chi connectivity index (χ0v) is 11.1. The predicted octanol–water partition coefficient (Wildman–Crippen LogP) is -0.889. The van der Waals surface area contributed by atoms with Crippen molar-refractivity contribution < 1.29 is 0 Å². The number of nitrogens with zero attached hydrogens (tertiary/aromatic N) is 3. The highest BCUT2D eigenvalue weighted by Gasteiger charge is 2.12. The number of aryl methyl sites for hydroxylation is 1. The number of hydrogen-bond donors (Lipinski definition) is 3. The molecule has 0 aliphatic carbocycles. The summed E-state index contributed by atoms with van der Waals surface area (Å²) in [5.41, 5.74) is 5.33. The Morgan fingerprint density at radius 1 is 1.26 bits per heavy atom. The average molecular weight is 266 g/mol. The number of nitrogens with one attached hydrogen (secondary N) is 2. The van der Waals surface area contributed by atoms with E-state index in [4.69, 9.17) is 5.73 Å². The number of imidazole rings is 1. The third-order valence-corrected chi connectivity index (χ3v) is 3.02. The number of nitrogens with two attached hydrogens (primary N) is 1. The molecule has 8 nitrogen and oxygen atoms in total. The summed E-state index contributed by atoms with van der Waals surface area (Å²) in [7, 11) is 3.03. The molecule has 2 aromatic rings. The van der Waals surface area contributed by atoms with Crippen molar-refractivity contribution in [2.45, 2.75) is 12.8 Å². The predicted molar refractivity (Wildman–Crippen MR) is 73.4 cm³/mol. The first-order valence-corrected chi connectivity index (χ1v) is 6.16. The number of rotatable bonds is 5. The molecule has 0 saturated carbocycles. The first kappa shape index (κ1) is 13.3. The number of unbranched alkanes of at least 4 members (excludes halogenated alkanes) is 1. The number of hydrogen-bond acceptors (Lipinski definition) is 5. The van der Waals surface area contributed by atoms with Crippen LogP contribution in [0.2, 0.25) is 0 Å². The van der Waals surface area contributed by atoms with Crippen LogP contribution < -0.4 is 22.3 Å². The van der Waals surface area contributed by atoms with Gasteiger partial charge in [0.15, 0.2) is 11.2 Å². The van der Waals surface area contributed by atoms with Gasteiger partial charge in [-0.1, -0.05) is 0 Å². The van der Waals surface area contributed by atoms with Gasteiger partial charge in [0.2, 0.25) is 5.95 Å². The van der Waals surface area contributed by atoms with Gasteiger partial charge in [-0.2, -0.15) is 4.98 Å². The van der Waals surface area contributed by atoms with Gasteiger partial charge in [0, 0.05) is 20.6 Å². The topological polar surface area (TPSA) is 111 Å². The molecule has 0 bridgehead atoms. The Morgan fingerprint density at radius 2 is 2.00 bits per heavy atom.